The van der Waals surface area contributed by atoms with Crippen LogP contribution in [0, 0.1) is 0 Å². The van der Waals surface area contributed by atoms with E-state index in [1.807, 2.05) is 31.2 Å². The summed E-state index contributed by atoms with van der Waals surface area (Å²) in [5.41, 5.74) is 1.81. The number of carbonyl (C=O) groups excluding carboxylic acids is 1. The van der Waals surface area contributed by atoms with Crippen molar-refractivity contribution >= 4 is 15.9 Å². The quantitative estimate of drug-likeness (QED) is 0.763. The van der Waals surface area contributed by atoms with Crippen molar-refractivity contribution < 1.29 is 13.2 Å². The molecule has 0 fully saturated rings. The van der Waals surface area contributed by atoms with E-state index in [4.69, 9.17) is 0 Å². The first-order valence-electron chi connectivity index (χ1n) is 7.32. The van der Waals surface area contributed by atoms with E-state index in [-0.39, 0.29) is 18.5 Å². The zero-order valence-electron chi connectivity index (χ0n) is 14.1. The Bertz CT molecular complexity index is 787. The highest BCUT2D eigenvalue weighted by Crippen LogP contribution is 2.20. The Kier molecular flexibility index (Phi) is 5.35. The molecule has 24 heavy (non-hydrogen) atoms. The summed E-state index contributed by atoms with van der Waals surface area (Å²) in [4.78, 5) is 17.7. The summed E-state index contributed by atoms with van der Waals surface area (Å²) in [7, 11) is -0.334. The second-order valence-corrected chi connectivity index (χ2v) is 7.72. The average molecular weight is 351 g/mol. The first-order valence-corrected chi connectivity index (χ1v) is 9.17. The van der Waals surface area contributed by atoms with E-state index in [0.717, 1.165) is 21.8 Å². The molecule has 130 valence electrons. The highest BCUT2D eigenvalue weighted by Gasteiger charge is 2.22. The lowest BCUT2D eigenvalue weighted by atomic mass is 10.1. The summed E-state index contributed by atoms with van der Waals surface area (Å²) in [6, 6.07) is 7.41. The van der Waals surface area contributed by atoms with Gasteiger partial charge in [-0.15, -0.1) is 0 Å². The molecule has 1 amide bonds. The molecule has 0 N–H and O–H groups in total. The second-order valence-electron chi connectivity index (χ2n) is 5.63. The van der Waals surface area contributed by atoms with Gasteiger partial charge in [-0.05, 0) is 24.6 Å². The minimum atomic E-state index is -3.38. The number of amides is 1. The Hall–Kier alpha value is -2.26. The number of hydrogen-bond acceptors (Lipinski definition) is 5. The molecule has 2 rings (SSSR count). The minimum Gasteiger partial charge on any atom is -0.338 e. The van der Waals surface area contributed by atoms with Gasteiger partial charge in [0.25, 0.3) is 0 Å². The lowest BCUT2D eigenvalue weighted by Gasteiger charge is -2.27. The number of rotatable bonds is 6. The van der Waals surface area contributed by atoms with E-state index in [1.165, 1.54) is 18.3 Å². The van der Waals surface area contributed by atoms with Crippen LogP contribution in [0.25, 0.3) is 5.69 Å². The van der Waals surface area contributed by atoms with Crippen LogP contribution < -0.4 is 0 Å². The fourth-order valence-electron chi connectivity index (χ4n) is 2.11. The van der Waals surface area contributed by atoms with Crippen molar-refractivity contribution in [3.63, 3.8) is 0 Å². The third-order valence-corrected chi connectivity index (χ3v) is 5.22. The average Bonchev–Trinajstić information content (AvgIpc) is 3.07. The lowest BCUT2D eigenvalue weighted by Crippen LogP contribution is -2.39. The van der Waals surface area contributed by atoms with Crippen molar-refractivity contribution in [3.8, 4) is 5.69 Å². The maximum Gasteiger partial charge on any atom is 0.238 e. The molecule has 0 spiro atoms. The highest BCUT2D eigenvalue weighted by molar-refractivity contribution is 7.88. The van der Waals surface area contributed by atoms with Gasteiger partial charge in [-0.25, -0.2) is 18.1 Å². The molecule has 1 heterocycles. The molecule has 0 saturated carbocycles. The highest BCUT2D eigenvalue weighted by atomic mass is 32.2. The van der Waals surface area contributed by atoms with Gasteiger partial charge in [0.15, 0.2) is 0 Å². The van der Waals surface area contributed by atoms with Crippen LogP contribution in [0.1, 0.15) is 18.5 Å². The van der Waals surface area contributed by atoms with Crippen LogP contribution in [0.15, 0.2) is 36.9 Å². The predicted molar refractivity (Wildman–Crippen MR) is 90.0 cm³/mol. The van der Waals surface area contributed by atoms with E-state index in [9.17, 15) is 13.2 Å². The summed E-state index contributed by atoms with van der Waals surface area (Å²) in [5.74, 6) is -0.268. The van der Waals surface area contributed by atoms with Crippen LogP contribution >= 0.6 is 0 Å². The van der Waals surface area contributed by atoms with Gasteiger partial charge in [0.1, 0.15) is 12.7 Å². The SMILES string of the molecule is CC(c1ccc(-n2cncn2)cc1)N(C)C(=O)CN(C)S(C)(=O)=O. The zero-order chi connectivity index (χ0) is 17.9. The largest absolute Gasteiger partial charge is 0.338 e. The monoisotopic (exact) mass is 351 g/mol. The normalized spacial score (nSPS) is 13.0. The Balaban J connectivity index is 2.07. The van der Waals surface area contributed by atoms with Gasteiger partial charge in [-0.3, -0.25) is 4.79 Å². The topological polar surface area (TPSA) is 88.4 Å². The molecule has 0 aliphatic heterocycles. The number of likely N-dealkylation sites (N-methyl/N-ethyl adjacent to an activating group) is 2. The fourth-order valence-corrected chi connectivity index (χ4v) is 2.45. The molecule has 0 aliphatic rings. The summed E-state index contributed by atoms with van der Waals surface area (Å²) in [6.45, 7) is 1.71. The first-order chi connectivity index (χ1) is 11.2. The molecule has 2 aromatic rings. The molecule has 0 saturated heterocycles. The molecule has 8 nitrogen and oxygen atoms in total. The van der Waals surface area contributed by atoms with Crippen LogP contribution in [0.2, 0.25) is 0 Å². The number of sulfonamides is 1. The lowest BCUT2D eigenvalue weighted by molar-refractivity contribution is -0.131. The van der Waals surface area contributed by atoms with Crippen LogP contribution in [0.3, 0.4) is 0 Å². The molecule has 1 unspecified atom stereocenters. The number of nitrogens with zero attached hydrogens (tertiary/aromatic N) is 5. The number of aromatic nitrogens is 3. The Morgan fingerprint density at radius 2 is 1.88 bits per heavy atom. The van der Waals surface area contributed by atoms with E-state index in [1.54, 1.807) is 18.1 Å². The standard InChI is InChI=1S/C15H21N5O3S/c1-12(19(3)15(21)9-18(2)24(4,22)23)13-5-7-14(8-6-13)20-11-16-10-17-20/h5-8,10-12H,9H2,1-4H3. The summed E-state index contributed by atoms with van der Waals surface area (Å²) in [5, 5.41) is 4.06. The molecule has 1 atom stereocenters. The fraction of sp³-hybridized carbons (Fsp3) is 0.400. The predicted octanol–water partition coefficient (Wildman–Crippen LogP) is 0.678. The van der Waals surface area contributed by atoms with Crippen molar-refractivity contribution in [2.75, 3.05) is 26.9 Å². The van der Waals surface area contributed by atoms with Crippen LogP contribution in [-0.2, 0) is 14.8 Å². The third-order valence-electron chi connectivity index (χ3n) is 3.96. The summed E-state index contributed by atoms with van der Waals surface area (Å²) < 4.78 is 25.5. The Morgan fingerprint density at radius 1 is 1.25 bits per heavy atom. The third kappa shape index (κ3) is 4.18. The van der Waals surface area contributed by atoms with Crippen LogP contribution in [0.5, 0.6) is 0 Å². The molecule has 0 radical (unpaired) electrons. The van der Waals surface area contributed by atoms with Gasteiger partial charge in [-0.1, -0.05) is 12.1 Å². The van der Waals surface area contributed by atoms with E-state index < -0.39 is 10.0 Å². The molecular formula is C15H21N5O3S. The van der Waals surface area contributed by atoms with Crippen LogP contribution in [0.4, 0.5) is 0 Å². The van der Waals surface area contributed by atoms with E-state index in [2.05, 4.69) is 10.1 Å². The molecular weight excluding hydrogens is 330 g/mol. The molecule has 1 aromatic heterocycles. The summed E-state index contributed by atoms with van der Waals surface area (Å²) in [6.07, 6.45) is 4.14. The summed E-state index contributed by atoms with van der Waals surface area (Å²) >= 11 is 0. The molecule has 1 aromatic carbocycles. The van der Waals surface area contributed by atoms with Crippen molar-refractivity contribution in [3.05, 3.63) is 42.5 Å². The van der Waals surface area contributed by atoms with Gasteiger partial charge in [0.2, 0.25) is 15.9 Å². The first kappa shape index (κ1) is 18.1. The van der Waals surface area contributed by atoms with Crippen molar-refractivity contribution in [2.45, 2.75) is 13.0 Å². The Labute approximate surface area is 141 Å². The number of carbonyl (C=O) groups is 1. The van der Waals surface area contributed by atoms with Gasteiger partial charge in [0, 0.05) is 14.1 Å². The van der Waals surface area contributed by atoms with Crippen molar-refractivity contribution in [2.24, 2.45) is 0 Å². The van der Waals surface area contributed by atoms with Gasteiger partial charge < -0.3 is 4.90 Å². The van der Waals surface area contributed by atoms with Gasteiger partial charge in [0.05, 0.1) is 24.5 Å². The van der Waals surface area contributed by atoms with Gasteiger partial charge in [-0.2, -0.15) is 9.40 Å². The maximum atomic E-state index is 12.3. The Morgan fingerprint density at radius 3 is 2.38 bits per heavy atom. The maximum absolute atomic E-state index is 12.3. The van der Waals surface area contributed by atoms with Crippen LogP contribution in [-0.4, -0.2) is 65.2 Å². The van der Waals surface area contributed by atoms with Gasteiger partial charge >= 0.3 is 0 Å². The molecule has 0 bridgehead atoms. The second kappa shape index (κ2) is 7.10. The number of benzene rings is 1. The van der Waals surface area contributed by atoms with E-state index in [0.29, 0.717) is 0 Å². The van der Waals surface area contributed by atoms with E-state index >= 15 is 0 Å². The smallest absolute Gasteiger partial charge is 0.238 e. The molecule has 9 heteroatoms. The number of hydrogen-bond donors (Lipinski definition) is 0. The molecule has 0 aliphatic carbocycles. The minimum absolute atomic E-state index is 0.184. The zero-order valence-corrected chi connectivity index (χ0v) is 14.9. The van der Waals surface area contributed by atoms with Crippen molar-refractivity contribution in [1.29, 1.82) is 0 Å². The van der Waals surface area contributed by atoms with Crippen molar-refractivity contribution in [1.82, 2.24) is 24.0 Å².